The summed E-state index contributed by atoms with van der Waals surface area (Å²) in [5, 5.41) is 5.52. The predicted molar refractivity (Wildman–Crippen MR) is 73.6 cm³/mol. The summed E-state index contributed by atoms with van der Waals surface area (Å²) >= 11 is 0. The Bertz CT molecular complexity index is 539. The van der Waals surface area contributed by atoms with E-state index in [9.17, 15) is 22.4 Å². The van der Waals surface area contributed by atoms with Gasteiger partial charge in [0, 0.05) is 25.8 Å². The first-order valence-corrected chi connectivity index (χ1v) is 6.23. The summed E-state index contributed by atoms with van der Waals surface area (Å²) in [6.45, 7) is 0.962. The van der Waals surface area contributed by atoms with E-state index in [0.717, 1.165) is 6.07 Å². The maximum atomic E-state index is 13.3. The van der Waals surface area contributed by atoms with E-state index in [1.807, 2.05) is 0 Å². The fourth-order valence-electron chi connectivity index (χ4n) is 2.18. The van der Waals surface area contributed by atoms with Crippen molar-refractivity contribution < 1.29 is 27.1 Å². The lowest BCUT2D eigenvalue weighted by Gasteiger charge is -2.19. The van der Waals surface area contributed by atoms with Crippen LogP contribution in [0.4, 0.5) is 17.6 Å². The third-order valence-corrected chi connectivity index (χ3v) is 3.27. The van der Waals surface area contributed by atoms with Crippen molar-refractivity contribution in [1.82, 2.24) is 10.6 Å². The van der Waals surface area contributed by atoms with E-state index >= 15 is 0 Å². The van der Waals surface area contributed by atoms with Crippen molar-refractivity contribution in [3.63, 3.8) is 0 Å². The lowest BCUT2D eigenvalue weighted by atomic mass is 10.1. The van der Waals surface area contributed by atoms with E-state index in [0.29, 0.717) is 25.2 Å². The van der Waals surface area contributed by atoms with Crippen LogP contribution in [0.2, 0.25) is 0 Å². The first kappa shape index (κ1) is 18.7. The molecule has 124 valence electrons. The molecule has 1 heterocycles. The highest BCUT2D eigenvalue weighted by Gasteiger charge is 2.33. The van der Waals surface area contributed by atoms with Gasteiger partial charge in [-0.2, -0.15) is 13.2 Å². The van der Waals surface area contributed by atoms with Gasteiger partial charge in [0.05, 0.1) is 17.7 Å². The Balaban J connectivity index is 0.00000242. The third kappa shape index (κ3) is 4.31. The highest BCUT2D eigenvalue weighted by atomic mass is 35.5. The summed E-state index contributed by atoms with van der Waals surface area (Å²) in [5.41, 5.74) is -1.57. The van der Waals surface area contributed by atoms with E-state index in [2.05, 4.69) is 10.6 Å². The van der Waals surface area contributed by atoms with Crippen LogP contribution in [0.15, 0.2) is 18.2 Å². The molecule has 1 aromatic rings. The van der Waals surface area contributed by atoms with Crippen molar-refractivity contribution in [2.24, 2.45) is 0 Å². The Morgan fingerprint density at radius 2 is 2.00 bits per heavy atom. The normalized spacial score (nSPS) is 21.3. The number of hydrogen-bond donors (Lipinski definition) is 2. The quantitative estimate of drug-likeness (QED) is 0.826. The lowest BCUT2D eigenvalue weighted by molar-refractivity contribution is -0.137. The molecule has 9 heteroatoms. The van der Waals surface area contributed by atoms with Crippen LogP contribution in [0.1, 0.15) is 15.9 Å². The van der Waals surface area contributed by atoms with E-state index < -0.39 is 23.5 Å². The summed E-state index contributed by atoms with van der Waals surface area (Å²) < 4.78 is 56.2. The van der Waals surface area contributed by atoms with Crippen LogP contribution in [0.3, 0.4) is 0 Å². The van der Waals surface area contributed by atoms with Crippen molar-refractivity contribution in [1.29, 1.82) is 0 Å². The van der Waals surface area contributed by atoms with Crippen molar-refractivity contribution in [2.45, 2.75) is 18.3 Å². The van der Waals surface area contributed by atoms with Crippen LogP contribution in [-0.2, 0) is 10.9 Å². The zero-order valence-corrected chi connectivity index (χ0v) is 12.4. The molecule has 2 unspecified atom stereocenters. The second-order valence-electron chi connectivity index (χ2n) is 4.74. The van der Waals surface area contributed by atoms with E-state index in [-0.39, 0.29) is 30.1 Å². The Hall–Kier alpha value is -1.38. The number of hydrogen-bond acceptors (Lipinski definition) is 3. The molecule has 2 atom stereocenters. The van der Waals surface area contributed by atoms with Crippen LogP contribution in [-0.4, -0.2) is 38.3 Å². The first-order chi connectivity index (χ1) is 9.81. The highest BCUT2D eigenvalue weighted by molar-refractivity contribution is 5.94. The van der Waals surface area contributed by atoms with Crippen molar-refractivity contribution in [2.75, 3.05) is 20.2 Å². The van der Waals surface area contributed by atoms with E-state index in [1.165, 1.54) is 7.11 Å². The lowest BCUT2D eigenvalue weighted by Crippen LogP contribution is -2.43. The molecule has 0 aliphatic carbocycles. The molecule has 1 aliphatic heterocycles. The number of alkyl halides is 3. The number of rotatable bonds is 3. The van der Waals surface area contributed by atoms with Crippen molar-refractivity contribution in [3.05, 3.63) is 35.1 Å². The average Bonchev–Trinajstić information content (AvgIpc) is 2.84. The number of carbonyl (C=O) groups excluding carboxylic acids is 1. The Kier molecular flexibility index (Phi) is 6.16. The molecular formula is C13H15ClF4N2O2. The molecule has 22 heavy (non-hydrogen) atoms. The van der Waals surface area contributed by atoms with E-state index in [4.69, 9.17) is 4.74 Å². The number of halogens is 5. The summed E-state index contributed by atoms with van der Waals surface area (Å²) in [5.74, 6) is -1.88. The topological polar surface area (TPSA) is 50.4 Å². The van der Waals surface area contributed by atoms with Crippen molar-refractivity contribution in [3.8, 4) is 0 Å². The maximum Gasteiger partial charge on any atom is 0.416 e. The second-order valence-corrected chi connectivity index (χ2v) is 4.74. The van der Waals surface area contributed by atoms with Crippen LogP contribution in [0.5, 0.6) is 0 Å². The molecule has 0 radical (unpaired) electrons. The predicted octanol–water partition coefficient (Wildman–Crippen LogP) is 1.98. The Morgan fingerprint density at radius 3 is 2.59 bits per heavy atom. The Morgan fingerprint density at radius 1 is 1.32 bits per heavy atom. The standard InChI is InChI=1S/C13H14F4N2O2.ClH/c1-21-11-6-18-5-10(11)19-12(20)7-2-8(13(15,16)17)4-9(14)3-7;/h2-4,10-11,18H,5-6H2,1H3,(H,19,20);1H. The van der Waals surface area contributed by atoms with Gasteiger partial charge in [-0.3, -0.25) is 4.79 Å². The number of amides is 1. The molecule has 4 nitrogen and oxygen atoms in total. The van der Waals surface area contributed by atoms with Gasteiger partial charge in [-0.15, -0.1) is 12.4 Å². The molecule has 0 saturated carbocycles. The average molecular weight is 343 g/mol. The molecule has 1 aliphatic rings. The molecule has 2 N–H and O–H groups in total. The summed E-state index contributed by atoms with van der Waals surface area (Å²) in [6, 6.07) is 1.38. The van der Waals surface area contributed by atoms with Gasteiger partial charge in [-0.1, -0.05) is 0 Å². The number of carbonyl (C=O) groups is 1. The fourth-order valence-corrected chi connectivity index (χ4v) is 2.18. The van der Waals surface area contributed by atoms with Gasteiger partial charge >= 0.3 is 6.18 Å². The summed E-state index contributed by atoms with van der Waals surface area (Å²) in [4.78, 5) is 12.0. The zero-order valence-electron chi connectivity index (χ0n) is 11.5. The minimum Gasteiger partial charge on any atom is -0.378 e. The van der Waals surface area contributed by atoms with Crippen LogP contribution < -0.4 is 10.6 Å². The zero-order chi connectivity index (χ0) is 15.6. The van der Waals surface area contributed by atoms with Gasteiger partial charge in [-0.25, -0.2) is 4.39 Å². The minimum atomic E-state index is -4.71. The maximum absolute atomic E-state index is 13.3. The molecule has 1 amide bonds. The van der Waals surface area contributed by atoms with Crippen LogP contribution >= 0.6 is 12.4 Å². The number of nitrogens with one attached hydrogen (secondary N) is 2. The Labute approximate surface area is 130 Å². The SMILES string of the molecule is COC1CNCC1NC(=O)c1cc(F)cc(C(F)(F)F)c1.Cl. The molecule has 2 rings (SSSR count). The summed E-state index contributed by atoms with van der Waals surface area (Å²) in [7, 11) is 1.47. The van der Waals surface area contributed by atoms with Crippen molar-refractivity contribution >= 4 is 18.3 Å². The number of benzene rings is 1. The van der Waals surface area contributed by atoms with Gasteiger partial charge in [0.25, 0.3) is 5.91 Å². The molecule has 1 aromatic carbocycles. The molecule has 1 fully saturated rings. The van der Waals surface area contributed by atoms with Gasteiger partial charge < -0.3 is 15.4 Å². The molecule has 0 bridgehead atoms. The third-order valence-electron chi connectivity index (χ3n) is 3.27. The number of methoxy groups -OCH3 is 1. The molecule has 1 saturated heterocycles. The van der Waals surface area contributed by atoms with Gasteiger partial charge in [-0.05, 0) is 18.2 Å². The monoisotopic (exact) mass is 342 g/mol. The molecule has 0 aromatic heterocycles. The van der Waals surface area contributed by atoms with Crippen LogP contribution in [0.25, 0.3) is 0 Å². The van der Waals surface area contributed by atoms with E-state index in [1.54, 1.807) is 0 Å². The minimum absolute atomic E-state index is 0. The fraction of sp³-hybridized carbons (Fsp3) is 0.462. The molecular weight excluding hydrogens is 328 g/mol. The largest absolute Gasteiger partial charge is 0.416 e. The van der Waals surface area contributed by atoms with Gasteiger partial charge in [0.1, 0.15) is 5.82 Å². The highest BCUT2D eigenvalue weighted by Crippen LogP contribution is 2.30. The first-order valence-electron chi connectivity index (χ1n) is 6.23. The smallest absolute Gasteiger partial charge is 0.378 e. The number of ether oxygens (including phenoxy) is 1. The van der Waals surface area contributed by atoms with Gasteiger partial charge in [0.15, 0.2) is 0 Å². The van der Waals surface area contributed by atoms with Gasteiger partial charge in [0.2, 0.25) is 0 Å². The summed E-state index contributed by atoms with van der Waals surface area (Å²) in [6.07, 6.45) is -4.98. The molecule has 0 spiro atoms. The van der Waals surface area contributed by atoms with Crippen LogP contribution in [0, 0.1) is 5.82 Å². The second kappa shape index (κ2) is 7.26.